The van der Waals surface area contributed by atoms with Crippen molar-refractivity contribution >= 4 is 44.9 Å². The zero-order chi connectivity index (χ0) is 24.1. The molecule has 4 rings (SSSR count). The summed E-state index contributed by atoms with van der Waals surface area (Å²) in [6, 6.07) is 19.5. The van der Waals surface area contributed by atoms with Gasteiger partial charge in [0.15, 0.2) is 5.75 Å². The Hall–Kier alpha value is -4.64. The summed E-state index contributed by atoms with van der Waals surface area (Å²) in [5, 5.41) is 26.8. The predicted octanol–water partition coefficient (Wildman–Crippen LogP) is 5.06. The molecular weight excluding hydrogens is 460 g/mol. The van der Waals surface area contributed by atoms with Crippen molar-refractivity contribution in [1.82, 2.24) is 5.43 Å². The number of hydrogen-bond acceptors (Lipinski definition) is 8. The number of hydrogen-bond donors (Lipinski definition) is 1. The molecule has 0 saturated carbocycles. The van der Waals surface area contributed by atoms with E-state index in [4.69, 9.17) is 4.74 Å². The van der Waals surface area contributed by atoms with Crippen LogP contribution in [0, 0.1) is 20.2 Å². The smallest absolute Gasteiger partial charge is 0.311 e. The molecule has 0 spiro atoms. The summed E-state index contributed by atoms with van der Waals surface area (Å²) < 4.78 is 6.32. The quantitative estimate of drug-likeness (QED) is 0.214. The van der Waals surface area contributed by atoms with Crippen LogP contribution in [-0.4, -0.2) is 22.0 Å². The number of hydrazone groups is 1. The standard InChI is InChI=1S/C23H16N4O6S/c28-23(22-12-17-11-18(26(29)30)7-9-21(17)34-22)25-24-13-16-6-8-20(19(10-16)27(31)32)33-14-15-4-2-1-3-5-15/h1-13H,14H2,(H,25,28). The Morgan fingerprint density at radius 1 is 1.00 bits per heavy atom. The van der Waals surface area contributed by atoms with Crippen molar-refractivity contribution < 1.29 is 19.4 Å². The summed E-state index contributed by atoms with van der Waals surface area (Å²) in [5.41, 5.74) is 3.35. The number of carbonyl (C=O) groups is 1. The Bertz CT molecular complexity index is 1420. The Balaban J connectivity index is 1.44. The Labute approximate surface area is 196 Å². The minimum Gasteiger partial charge on any atom is -0.482 e. The van der Waals surface area contributed by atoms with Crippen LogP contribution in [0.5, 0.6) is 5.75 Å². The maximum absolute atomic E-state index is 12.4. The molecule has 1 heterocycles. The summed E-state index contributed by atoms with van der Waals surface area (Å²) in [5.74, 6) is -0.383. The number of benzene rings is 3. The molecule has 3 aromatic carbocycles. The van der Waals surface area contributed by atoms with Crippen molar-refractivity contribution in [2.45, 2.75) is 6.61 Å². The van der Waals surface area contributed by atoms with Crippen molar-refractivity contribution in [1.29, 1.82) is 0 Å². The molecule has 1 aromatic heterocycles. The van der Waals surface area contributed by atoms with Gasteiger partial charge in [0.1, 0.15) is 6.61 Å². The van der Waals surface area contributed by atoms with Crippen LogP contribution in [-0.2, 0) is 6.61 Å². The molecule has 0 saturated heterocycles. The molecule has 10 nitrogen and oxygen atoms in total. The first-order chi connectivity index (χ1) is 16.4. The average molecular weight is 476 g/mol. The second-order valence-corrected chi connectivity index (χ2v) is 8.13. The first-order valence-corrected chi connectivity index (χ1v) is 10.7. The lowest BCUT2D eigenvalue weighted by Crippen LogP contribution is -2.16. The van der Waals surface area contributed by atoms with Crippen LogP contribution in [0.2, 0.25) is 0 Å². The highest BCUT2D eigenvalue weighted by Gasteiger charge is 2.16. The zero-order valence-corrected chi connectivity index (χ0v) is 18.2. The summed E-state index contributed by atoms with van der Waals surface area (Å²) in [6.07, 6.45) is 1.28. The van der Waals surface area contributed by atoms with Gasteiger partial charge >= 0.3 is 5.69 Å². The molecule has 0 aliphatic heterocycles. The maximum atomic E-state index is 12.4. The lowest BCUT2D eigenvalue weighted by molar-refractivity contribution is -0.386. The van der Waals surface area contributed by atoms with Crippen LogP contribution in [0.25, 0.3) is 10.1 Å². The molecule has 1 amide bonds. The van der Waals surface area contributed by atoms with Crippen LogP contribution >= 0.6 is 11.3 Å². The number of ether oxygens (including phenoxy) is 1. The summed E-state index contributed by atoms with van der Waals surface area (Å²) in [4.78, 5) is 34.1. The molecule has 0 aliphatic carbocycles. The molecule has 4 aromatic rings. The first-order valence-electron chi connectivity index (χ1n) is 9.87. The van der Waals surface area contributed by atoms with Crippen molar-refractivity contribution in [3.8, 4) is 5.75 Å². The van der Waals surface area contributed by atoms with Gasteiger partial charge in [0.25, 0.3) is 11.6 Å². The molecule has 11 heteroatoms. The van der Waals surface area contributed by atoms with Gasteiger partial charge in [-0.1, -0.05) is 30.3 Å². The van der Waals surface area contributed by atoms with Gasteiger partial charge in [-0.3, -0.25) is 25.0 Å². The molecule has 0 unspecified atom stereocenters. The van der Waals surface area contributed by atoms with Gasteiger partial charge in [0.2, 0.25) is 0 Å². The maximum Gasteiger partial charge on any atom is 0.311 e. The molecule has 0 fully saturated rings. The number of amides is 1. The molecule has 0 radical (unpaired) electrons. The van der Waals surface area contributed by atoms with E-state index in [1.54, 1.807) is 18.2 Å². The van der Waals surface area contributed by atoms with E-state index in [9.17, 15) is 25.0 Å². The van der Waals surface area contributed by atoms with Gasteiger partial charge in [-0.05, 0) is 29.8 Å². The van der Waals surface area contributed by atoms with E-state index < -0.39 is 15.8 Å². The van der Waals surface area contributed by atoms with Gasteiger partial charge in [-0.15, -0.1) is 11.3 Å². The van der Waals surface area contributed by atoms with E-state index in [-0.39, 0.29) is 23.7 Å². The predicted molar refractivity (Wildman–Crippen MR) is 127 cm³/mol. The van der Waals surface area contributed by atoms with Gasteiger partial charge in [-0.25, -0.2) is 5.43 Å². The number of carbonyl (C=O) groups excluding carboxylic acids is 1. The number of nitro benzene ring substituents is 2. The summed E-state index contributed by atoms with van der Waals surface area (Å²) in [6.45, 7) is 0.184. The number of nitro groups is 2. The highest BCUT2D eigenvalue weighted by molar-refractivity contribution is 7.20. The minimum atomic E-state index is -0.549. The van der Waals surface area contributed by atoms with Crippen LogP contribution in [0.15, 0.2) is 77.9 Å². The number of thiophene rings is 1. The van der Waals surface area contributed by atoms with Crippen molar-refractivity contribution in [2.24, 2.45) is 5.10 Å². The molecule has 34 heavy (non-hydrogen) atoms. The molecule has 1 N–H and O–H groups in total. The normalized spacial score (nSPS) is 10.9. The average Bonchev–Trinajstić information content (AvgIpc) is 3.27. The van der Waals surface area contributed by atoms with Crippen LogP contribution < -0.4 is 10.2 Å². The number of nitrogens with one attached hydrogen (secondary N) is 1. The fourth-order valence-electron chi connectivity index (χ4n) is 3.09. The Morgan fingerprint density at radius 3 is 2.53 bits per heavy atom. The zero-order valence-electron chi connectivity index (χ0n) is 17.4. The van der Waals surface area contributed by atoms with Crippen molar-refractivity contribution in [3.63, 3.8) is 0 Å². The summed E-state index contributed by atoms with van der Waals surface area (Å²) in [7, 11) is 0. The first kappa shape index (κ1) is 22.6. The van der Waals surface area contributed by atoms with E-state index in [2.05, 4.69) is 10.5 Å². The van der Waals surface area contributed by atoms with E-state index in [1.165, 1.54) is 41.8 Å². The molecular formula is C23H16N4O6S. The fourth-order valence-corrected chi connectivity index (χ4v) is 4.02. The number of fused-ring (bicyclic) bond motifs is 1. The van der Waals surface area contributed by atoms with E-state index in [0.717, 1.165) is 10.3 Å². The third kappa shape index (κ3) is 5.22. The second kappa shape index (κ2) is 9.88. The molecule has 0 atom stereocenters. The van der Waals surface area contributed by atoms with Gasteiger partial charge in [0, 0.05) is 33.8 Å². The topological polar surface area (TPSA) is 137 Å². The monoisotopic (exact) mass is 476 g/mol. The number of non-ortho nitro benzene ring substituents is 1. The minimum absolute atomic E-state index is 0.0620. The lowest BCUT2D eigenvalue weighted by atomic mass is 10.2. The van der Waals surface area contributed by atoms with Gasteiger partial charge in [0.05, 0.1) is 20.9 Å². The highest BCUT2D eigenvalue weighted by atomic mass is 32.1. The van der Waals surface area contributed by atoms with Crippen LogP contribution in [0.1, 0.15) is 20.8 Å². The van der Waals surface area contributed by atoms with Crippen LogP contribution in [0.4, 0.5) is 11.4 Å². The molecule has 0 aliphatic rings. The Morgan fingerprint density at radius 2 is 1.79 bits per heavy atom. The van der Waals surface area contributed by atoms with Gasteiger partial charge in [-0.2, -0.15) is 5.10 Å². The Kier molecular flexibility index (Phi) is 6.55. The summed E-state index contributed by atoms with van der Waals surface area (Å²) >= 11 is 1.17. The fraction of sp³-hybridized carbons (Fsp3) is 0.0435. The van der Waals surface area contributed by atoms with E-state index >= 15 is 0 Å². The third-order valence-electron chi connectivity index (χ3n) is 4.73. The van der Waals surface area contributed by atoms with Crippen molar-refractivity contribution in [3.05, 3.63) is 109 Å². The van der Waals surface area contributed by atoms with Crippen molar-refractivity contribution in [2.75, 3.05) is 0 Å². The van der Waals surface area contributed by atoms with E-state index in [0.29, 0.717) is 15.8 Å². The number of nitrogens with zero attached hydrogens (tertiary/aromatic N) is 3. The molecule has 170 valence electrons. The third-order valence-corrected chi connectivity index (χ3v) is 5.85. The SMILES string of the molecule is O=C(NN=Cc1ccc(OCc2ccccc2)c([N+](=O)[O-])c1)c1cc2cc([N+](=O)[O-])ccc2s1. The largest absolute Gasteiger partial charge is 0.482 e. The second-order valence-electron chi connectivity index (χ2n) is 7.05. The van der Waals surface area contributed by atoms with E-state index in [1.807, 2.05) is 30.3 Å². The number of rotatable bonds is 8. The van der Waals surface area contributed by atoms with Crippen LogP contribution in [0.3, 0.4) is 0 Å². The lowest BCUT2D eigenvalue weighted by Gasteiger charge is -2.07. The highest BCUT2D eigenvalue weighted by Crippen LogP contribution is 2.30. The molecule has 0 bridgehead atoms. The van der Waals surface area contributed by atoms with Gasteiger partial charge < -0.3 is 4.74 Å².